The minimum absolute atomic E-state index is 0.0887. The molecule has 0 N–H and O–H groups in total. The van der Waals surface area contributed by atoms with Crippen LogP contribution < -0.4 is 5.56 Å². The molecule has 0 amide bonds. The Morgan fingerprint density at radius 2 is 1.32 bits per heavy atom. The molecule has 5 aromatic rings. The van der Waals surface area contributed by atoms with Crippen LogP contribution >= 0.6 is 0 Å². The van der Waals surface area contributed by atoms with E-state index >= 15 is 0 Å². The Hall–Kier alpha value is -3.38. The molecule has 0 aliphatic heterocycles. The maximum absolute atomic E-state index is 13.4. The molecule has 138 valence electrons. The minimum atomic E-state index is -4.05. The van der Waals surface area contributed by atoms with Gasteiger partial charge in [-0.15, -0.1) is 0 Å². The number of rotatable bonds is 2. The Kier molecular flexibility index (Phi) is 3.48. The van der Waals surface area contributed by atoms with Crippen LogP contribution in [0.25, 0.3) is 27.5 Å². The van der Waals surface area contributed by atoms with Gasteiger partial charge in [0, 0.05) is 5.39 Å². The Morgan fingerprint density at radius 3 is 2.04 bits per heavy atom. The van der Waals surface area contributed by atoms with Crippen molar-refractivity contribution >= 4 is 37.5 Å². The van der Waals surface area contributed by atoms with E-state index in [0.29, 0.717) is 16.6 Å². The first-order chi connectivity index (χ1) is 13.5. The van der Waals surface area contributed by atoms with Gasteiger partial charge in [-0.2, -0.15) is 3.97 Å². The van der Waals surface area contributed by atoms with Gasteiger partial charge in [0.2, 0.25) is 0 Å². The lowest BCUT2D eigenvalue weighted by atomic mass is 10.2. The zero-order valence-corrected chi connectivity index (χ0v) is 15.8. The molecule has 0 bridgehead atoms. The van der Waals surface area contributed by atoms with Crippen molar-refractivity contribution in [2.75, 3.05) is 0 Å². The van der Waals surface area contributed by atoms with Gasteiger partial charge in [-0.1, -0.05) is 48.0 Å². The average Bonchev–Trinajstić information content (AvgIpc) is 3.09. The summed E-state index contributed by atoms with van der Waals surface area (Å²) < 4.78 is 29.5. The summed E-state index contributed by atoms with van der Waals surface area (Å²) in [6.45, 7) is 1.89. The minimum Gasteiger partial charge on any atom is -0.303 e. The molecule has 28 heavy (non-hydrogen) atoms. The van der Waals surface area contributed by atoms with Gasteiger partial charge in [-0.25, -0.2) is 8.42 Å². The van der Waals surface area contributed by atoms with Crippen LogP contribution in [0.15, 0.2) is 88.6 Å². The lowest BCUT2D eigenvalue weighted by molar-refractivity contribution is 0.587. The molecule has 2 heterocycles. The second-order valence-electron chi connectivity index (χ2n) is 6.80. The third-order valence-corrected chi connectivity index (χ3v) is 6.73. The van der Waals surface area contributed by atoms with Crippen molar-refractivity contribution in [2.24, 2.45) is 0 Å². The van der Waals surface area contributed by atoms with Crippen LogP contribution in [0.2, 0.25) is 0 Å². The fraction of sp³-hybridized carbons (Fsp3) is 0.0455. The predicted molar refractivity (Wildman–Crippen MR) is 110 cm³/mol. The topological polar surface area (TPSA) is 60.5 Å². The highest BCUT2D eigenvalue weighted by Crippen LogP contribution is 2.25. The van der Waals surface area contributed by atoms with Gasteiger partial charge in [0.15, 0.2) is 0 Å². The molecule has 5 rings (SSSR count). The van der Waals surface area contributed by atoms with E-state index in [1.54, 1.807) is 30.3 Å². The summed E-state index contributed by atoms with van der Waals surface area (Å²) in [7, 11) is -4.05. The third kappa shape index (κ3) is 2.25. The summed E-state index contributed by atoms with van der Waals surface area (Å²) in [5.74, 6) is 0. The fourth-order valence-electron chi connectivity index (χ4n) is 3.66. The van der Waals surface area contributed by atoms with Crippen molar-refractivity contribution in [2.45, 2.75) is 11.8 Å². The molecule has 0 saturated carbocycles. The first-order valence-electron chi connectivity index (χ1n) is 8.85. The standard InChI is InChI=1S/C22H16N2O3S/c1-15-10-12-17(13-11-15)28(26,27)24-20-9-5-4-8-19(20)23-18-7-3-2-6-16(18)14-21(23)22(24)25/h2-14H,1H3. The van der Waals surface area contributed by atoms with E-state index in [1.165, 1.54) is 12.1 Å². The molecule has 2 aromatic heterocycles. The second-order valence-corrected chi connectivity index (χ2v) is 8.59. The number of hydrogen-bond acceptors (Lipinski definition) is 3. The number of aryl methyl sites for hydroxylation is 1. The molecule has 0 aliphatic rings. The molecule has 0 saturated heterocycles. The highest BCUT2D eigenvalue weighted by atomic mass is 32.2. The van der Waals surface area contributed by atoms with E-state index in [9.17, 15) is 13.2 Å². The molecular formula is C22H16N2O3S. The van der Waals surface area contributed by atoms with Crippen LogP contribution in [0.3, 0.4) is 0 Å². The van der Waals surface area contributed by atoms with E-state index in [0.717, 1.165) is 20.4 Å². The Bertz CT molecular complexity index is 1540. The van der Waals surface area contributed by atoms with Gasteiger partial charge >= 0.3 is 0 Å². The zero-order valence-electron chi connectivity index (χ0n) is 15.0. The lowest BCUT2D eigenvalue weighted by Crippen LogP contribution is -2.29. The van der Waals surface area contributed by atoms with Crippen molar-refractivity contribution in [3.63, 3.8) is 0 Å². The number of nitrogens with zero attached hydrogens (tertiary/aromatic N) is 2. The van der Waals surface area contributed by atoms with Gasteiger partial charge in [0.1, 0.15) is 5.52 Å². The first-order valence-corrected chi connectivity index (χ1v) is 10.3. The second kappa shape index (κ2) is 5.81. The van der Waals surface area contributed by atoms with Crippen LogP contribution in [0, 0.1) is 6.92 Å². The van der Waals surface area contributed by atoms with Crippen molar-refractivity contribution in [1.82, 2.24) is 8.37 Å². The summed E-state index contributed by atoms with van der Waals surface area (Å²) in [6, 6.07) is 23.0. The van der Waals surface area contributed by atoms with Crippen LogP contribution in [-0.4, -0.2) is 16.8 Å². The van der Waals surface area contributed by atoms with Gasteiger partial charge in [0.25, 0.3) is 15.6 Å². The largest absolute Gasteiger partial charge is 0.303 e. The smallest absolute Gasteiger partial charge is 0.289 e. The van der Waals surface area contributed by atoms with Crippen molar-refractivity contribution in [1.29, 1.82) is 0 Å². The maximum atomic E-state index is 13.4. The molecular weight excluding hydrogens is 372 g/mol. The van der Waals surface area contributed by atoms with Crippen molar-refractivity contribution in [3.8, 4) is 0 Å². The average molecular weight is 388 g/mol. The van der Waals surface area contributed by atoms with Gasteiger partial charge in [-0.05, 0) is 43.3 Å². The first kappa shape index (κ1) is 16.8. The normalized spacial score (nSPS) is 12.2. The summed E-state index contributed by atoms with van der Waals surface area (Å²) in [6.07, 6.45) is 0. The van der Waals surface area contributed by atoms with Gasteiger partial charge in [-0.3, -0.25) is 4.79 Å². The Morgan fingerprint density at radius 1 is 0.714 bits per heavy atom. The zero-order chi connectivity index (χ0) is 19.5. The van der Waals surface area contributed by atoms with E-state index < -0.39 is 15.6 Å². The predicted octanol–water partition coefficient (Wildman–Crippen LogP) is 3.95. The summed E-state index contributed by atoms with van der Waals surface area (Å²) in [5.41, 5.74) is 2.59. The van der Waals surface area contributed by atoms with Gasteiger partial charge < -0.3 is 4.40 Å². The molecule has 0 spiro atoms. The number of para-hydroxylation sites is 3. The molecule has 0 radical (unpaired) electrons. The molecule has 0 atom stereocenters. The van der Waals surface area contributed by atoms with Crippen molar-refractivity contribution < 1.29 is 8.42 Å². The summed E-state index contributed by atoms with van der Waals surface area (Å²) in [4.78, 5) is 13.5. The SMILES string of the molecule is Cc1ccc(S(=O)(=O)n2c(=O)c3cc4ccccc4n3c3ccccc32)cc1. The monoisotopic (exact) mass is 388 g/mol. The quantitative estimate of drug-likeness (QED) is 0.460. The molecule has 3 aromatic carbocycles. The van der Waals surface area contributed by atoms with E-state index in [2.05, 4.69) is 0 Å². The molecule has 0 fully saturated rings. The molecule has 5 nitrogen and oxygen atoms in total. The summed E-state index contributed by atoms with van der Waals surface area (Å²) in [5, 5.41) is 0.884. The third-order valence-electron chi connectivity index (χ3n) is 5.01. The van der Waals surface area contributed by atoms with Gasteiger partial charge in [0.05, 0.1) is 21.4 Å². The van der Waals surface area contributed by atoms with Crippen LogP contribution in [0.1, 0.15) is 5.56 Å². The van der Waals surface area contributed by atoms with E-state index in [1.807, 2.05) is 47.7 Å². The summed E-state index contributed by atoms with van der Waals surface area (Å²) >= 11 is 0. The maximum Gasteiger partial charge on any atom is 0.289 e. The van der Waals surface area contributed by atoms with Crippen LogP contribution in [0.4, 0.5) is 0 Å². The highest BCUT2D eigenvalue weighted by molar-refractivity contribution is 7.90. The molecule has 0 aliphatic carbocycles. The van der Waals surface area contributed by atoms with Crippen LogP contribution in [0.5, 0.6) is 0 Å². The highest BCUT2D eigenvalue weighted by Gasteiger charge is 2.24. The van der Waals surface area contributed by atoms with E-state index in [4.69, 9.17) is 0 Å². The lowest BCUT2D eigenvalue weighted by Gasteiger charge is -2.13. The fourth-order valence-corrected chi connectivity index (χ4v) is 5.08. The molecule has 0 unspecified atom stereocenters. The van der Waals surface area contributed by atoms with Crippen molar-refractivity contribution in [3.05, 3.63) is 94.8 Å². The number of benzene rings is 3. The number of hydrogen-bond donors (Lipinski definition) is 0. The Balaban J connectivity index is 2.00. The Labute approximate surface area is 161 Å². The molecule has 6 heteroatoms. The number of fused-ring (bicyclic) bond motifs is 5. The van der Waals surface area contributed by atoms with E-state index in [-0.39, 0.29) is 4.90 Å². The number of aromatic nitrogens is 2. The van der Waals surface area contributed by atoms with Crippen LogP contribution in [-0.2, 0) is 10.0 Å².